The molecule has 39 heavy (non-hydrogen) atoms. The Labute approximate surface area is 239 Å². The third-order valence-electron chi connectivity index (χ3n) is 6.45. The summed E-state index contributed by atoms with van der Waals surface area (Å²) >= 11 is 6.23. The molecule has 0 fully saturated rings. The molecule has 1 unspecified atom stereocenters. The highest BCUT2D eigenvalue weighted by Crippen LogP contribution is 2.37. The maximum Gasteiger partial charge on any atom is 0.417 e. The lowest BCUT2D eigenvalue weighted by atomic mass is 9.88. The number of carbonyl (C=O) groups is 1. The van der Waals surface area contributed by atoms with E-state index in [1.807, 2.05) is 24.3 Å². The van der Waals surface area contributed by atoms with Gasteiger partial charge in [-0.25, -0.2) is 4.79 Å². The Kier molecular flexibility index (Phi) is 12.6. The van der Waals surface area contributed by atoms with Crippen molar-refractivity contribution in [3.8, 4) is 0 Å². The van der Waals surface area contributed by atoms with Crippen LogP contribution in [0.15, 0.2) is 84.2 Å². The fraction of sp³-hybridized carbons (Fsp3) is 0.367. The summed E-state index contributed by atoms with van der Waals surface area (Å²) in [6.45, 7) is 6.18. The third-order valence-corrected chi connectivity index (χ3v) is 6.90. The molecule has 0 aromatic heterocycles. The van der Waals surface area contributed by atoms with Gasteiger partial charge in [-0.05, 0) is 47.1 Å². The Morgan fingerprint density at radius 2 is 1.87 bits per heavy atom. The second kappa shape index (κ2) is 15.2. The zero-order valence-electron chi connectivity index (χ0n) is 22.0. The van der Waals surface area contributed by atoms with Gasteiger partial charge in [0, 0.05) is 32.1 Å². The zero-order chi connectivity index (χ0) is 27.7. The highest BCUT2D eigenvalue weighted by atomic mass is 35.5. The second-order valence-corrected chi connectivity index (χ2v) is 10.1. The van der Waals surface area contributed by atoms with E-state index < -0.39 is 17.7 Å². The minimum Gasteiger partial charge on any atom is -0.498 e. The molecule has 1 atom stereocenters. The first-order valence-electron chi connectivity index (χ1n) is 12.6. The Hall–Kier alpha value is -2.74. The largest absolute Gasteiger partial charge is 0.498 e. The Morgan fingerprint density at radius 1 is 1.15 bits per heavy atom. The lowest BCUT2D eigenvalue weighted by molar-refractivity contribution is -0.137. The standard InChI is InChI=1S/C30H33ClF3NO3.ClH/c1-21(2)26(23-10-4-3-5-11-23)20-35(19-24-12-7-14-27(29(24)31)30(32,33)34)15-8-16-38-25-13-6-9-22(17-25)18-28(36)37;/h3-7,9-14,18,21,26H,8,15-17,19-20H2,1-2H3,(H,36,37);1H. The van der Waals surface area contributed by atoms with Crippen LogP contribution in [0.5, 0.6) is 0 Å². The maximum absolute atomic E-state index is 13.5. The first-order chi connectivity index (χ1) is 18.0. The number of hydrogen-bond donors (Lipinski definition) is 1. The van der Waals surface area contributed by atoms with Crippen LogP contribution in [-0.4, -0.2) is 35.7 Å². The van der Waals surface area contributed by atoms with Crippen molar-refractivity contribution in [2.75, 3.05) is 19.7 Å². The average Bonchev–Trinajstić information content (AvgIpc) is 2.85. The van der Waals surface area contributed by atoms with Crippen LogP contribution in [0.3, 0.4) is 0 Å². The van der Waals surface area contributed by atoms with Crippen molar-refractivity contribution >= 4 is 30.0 Å². The third kappa shape index (κ3) is 10.1. The molecule has 0 spiro atoms. The molecule has 3 rings (SSSR count). The van der Waals surface area contributed by atoms with Gasteiger partial charge in [0.1, 0.15) is 5.76 Å². The van der Waals surface area contributed by atoms with Crippen molar-refractivity contribution in [3.63, 3.8) is 0 Å². The molecular weight excluding hydrogens is 550 g/mol. The van der Waals surface area contributed by atoms with Crippen LogP contribution in [0.2, 0.25) is 5.02 Å². The number of carboxylic acids is 1. The van der Waals surface area contributed by atoms with Crippen molar-refractivity contribution in [1.29, 1.82) is 0 Å². The number of nitrogens with zero attached hydrogens (tertiary/aromatic N) is 1. The molecule has 0 heterocycles. The van der Waals surface area contributed by atoms with Crippen molar-refractivity contribution < 1.29 is 27.8 Å². The molecule has 2 aromatic rings. The van der Waals surface area contributed by atoms with E-state index in [1.165, 1.54) is 11.6 Å². The summed E-state index contributed by atoms with van der Waals surface area (Å²) in [6.07, 6.45) is 2.96. The molecule has 9 heteroatoms. The van der Waals surface area contributed by atoms with E-state index >= 15 is 0 Å². The average molecular weight is 585 g/mol. The minimum absolute atomic E-state index is 0. The first kappa shape index (κ1) is 32.5. The van der Waals surface area contributed by atoms with Gasteiger partial charge in [0.05, 0.1) is 17.2 Å². The number of halogens is 5. The molecule has 0 saturated heterocycles. The fourth-order valence-electron chi connectivity index (χ4n) is 4.52. The maximum atomic E-state index is 13.5. The van der Waals surface area contributed by atoms with Gasteiger partial charge in [0.25, 0.3) is 0 Å². The fourth-order valence-corrected chi connectivity index (χ4v) is 4.82. The number of benzene rings is 2. The van der Waals surface area contributed by atoms with Gasteiger partial charge in [-0.2, -0.15) is 13.2 Å². The van der Waals surface area contributed by atoms with Crippen LogP contribution in [0.4, 0.5) is 13.2 Å². The van der Waals surface area contributed by atoms with Gasteiger partial charge in [-0.1, -0.05) is 80.1 Å². The summed E-state index contributed by atoms with van der Waals surface area (Å²) in [7, 11) is 0. The number of rotatable bonds is 12. The van der Waals surface area contributed by atoms with Crippen LogP contribution >= 0.6 is 24.0 Å². The Bertz CT molecular complexity index is 1180. The van der Waals surface area contributed by atoms with Crippen LogP contribution in [0.1, 0.15) is 49.3 Å². The van der Waals surface area contributed by atoms with Gasteiger partial charge < -0.3 is 9.84 Å². The lowest BCUT2D eigenvalue weighted by Crippen LogP contribution is -2.32. The molecule has 0 saturated carbocycles. The summed E-state index contributed by atoms with van der Waals surface area (Å²) in [5.41, 5.74) is 1.43. The molecule has 4 nitrogen and oxygen atoms in total. The van der Waals surface area contributed by atoms with E-state index in [-0.39, 0.29) is 29.9 Å². The summed E-state index contributed by atoms with van der Waals surface area (Å²) in [6, 6.07) is 14.1. The predicted molar refractivity (Wildman–Crippen MR) is 151 cm³/mol. The van der Waals surface area contributed by atoms with Gasteiger partial charge in [0.15, 0.2) is 0 Å². The summed E-state index contributed by atoms with van der Waals surface area (Å²) in [5, 5.41) is 8.71. The molecule has 1 N–H and O–H groups in total. The van der Waals surface area contributed by atoms with Crippen LogP contribution in [-0.2, 0) is 22.3 Å². The van der Waals surface area contributed by atoms with Crippen LogP contribution < -0.4 is 0 Å². The molecule has 0 bridgehead atoms. The van der Waals surface area contributed by atoms with Gasteiger partial charge >= 0.3 is 12.1 Å². The lowest BCUT2D eigenvalue weighted by Gasteiger charge is -2.31. The van der Waals surface area contributed by atoms with E-state index in [9.17, 15) is 18.0 Å². The zero-order valence-corrected chi connectivity index (χ0v) is 23.5. The molecular formula is C30H34Cl2F3NO3. The first-order valence-corrected chi connectivity index (χ1v) is 13.0. The van der Waals surface area contributed by atoms with Crippen molar-refractivity contribution in [2.24, 2.45) is 5.92 Å². The van der Waals surface area contributed by atoms with Gasteiger partial charge in [0.2, 0.25) is 0 Å². The summed E-state index contributed by atoms with van der Waals surface area (Å²) < 4.78 is 46.3. The summed E-state index contributed by atoms with van der Waals surface area (Å²) in [4.78, 5) is 13.1. The molecule has 0 radical (unpaired) electrons. The molecule has 212 valence electrons. The Balaban J connectivity index is 0.00000533. The number of hydrogen-bond acceptors (Lipinski definition) is 3. The monoisotopic (exact) mass is 583 g/mol. The van der Waals surface area contributed by atoms with E-state index in [0.717, 1.165) is 12.1 Å². The second-order valence-electron chi connectivity index (χ2n) is 9.70. The molecule has 0 aliphatic heterocycles. The highest BCUT2D eigenvalue weighted by Gasteiger charge is 2.34. The SMILES string of the molecule is CC(C)C(CN(CCCOC1=CC=CC(=CC(=O)O)C1)Cc1cccc(C(F)(F)F)c1Cl)c1ccccc1.Cl. The molecule has 2 aromatic carbocycles. The van der Waals surface area contributed by atoms with E-state index in [2.05, 4.69) is 30.9 Å². The quantitative estimate of drug-likeness (QED) is 0.202. The molecule has 1 aliphatic rings. The van der Waals surface area contributed by atoms with E-state index in [1.54, 1.807) is 18.2 Å². The minimum atomic E-state index is -4.52. The number of carboxylic acid groups (broad SMARTS) is 1. The highest BCUT2D eigenvalue weighted by molar-refractivity contribution is 6.32. The van der Waals surface area contributed by atoms with Gasteiger partial charge in [-0.15, -0.1) is 12.4 Å². The number of allylic oxidation sites excluding steroid dienone is 4. The smallest absolute Gasteiger partial charge is 0.417 e. The van der Waals surface area contributed by atoms with E-state index in [4.69, 9.17) is 21.4 Å². The van der Waals surface area contributed by atoms with Gasteiger partial charge in [-0.3, -0.25) is 4.90 Å². The van der Waals surface area contributed by atoms with Crippen molar-refractivity contribution in [2.45, 2.75) is 45.3 Å². The van der Waals surface area contributed by atoms with Crippen molar-refractivity contribution in [3.05, 3.63) is 106 Å². The van der Waals surface area contributed by atoms with Crippen LogP contribution in [0, 0.1) is 5.92 Å². The molecule has 1 aliphatic carbocycles. The molecule has 0 amide bonds. The topological polar surface area (TPSA) is 49.8 Å². The summed E-state index contributed by atoms with van der Waals surface area (Å²) in [5.74, 6) is 0.160. The van der Waals surface area contributed by atoms with E-state index in [0.29, 0.717) is 55.4 Å². The number of aliphatic carboxylic acids is 1. The normalized spacial score (nSPS) is 15.3. The number of ether oxygens (including phenoxy) is 1. The van der Waals surface area contributed by atoms with Crippen LogP contribution in [0.25, 0.3) is 0 Å². The Morgan fingerprint density at radius 3 is 2.51 bits per heavy atom. The number of alkyl halides is 3. The predicted octanol–water partition coefficient (Wildman–Crippen LogP) is 8.28. The van der Waals surface area contributed by atoms with Crippen molar-refractivity contribution in [1.82, 2.24) is 4.90 Å².